The number of hydrogen-bond donors (Lipinski definition) is 0. The fourth-order valence-corrected chi connectivity index (χ4v) is 1.07. The number of aromatic nitrogens is 2. The number of nitrogens with zero attached hydrogens (tertiary/aromatic N) is 3. The number of hydrogen-bond acceptors (Lipinski definition) is 2. The summed E-state index contributed by atoms with van der Waals surface area (Å²) in [5, 5.41) is 12.3. The standard InChI is InChI=1S/C6H6IN3/c7-6-4-9-10(5-6)3-1-2-8/h4-5H,1,3H2. The Balaban J connectivity index is 2.52. The second-order valence-corrected chi connectivity index (χ2v) is 3.08. The molecule has 0 radical (unpaired) electrons. The van der Waals surface area contributed by atoms with Crippen LogP contribution in [0.5, 0.6) is 0 Å². The van der Waals surface area contributed by atoms with Gasteiger partial charge in [-0.15, -0.1) is 0 Å². The van der Waals surface area contributed by atoms with E-state index in [0.717, 1.165) is 3.57 Å². The molecule has 0 atom stereocenters. The van der Waals surface area contributed by atoms with Gasteiger partial charge in [-0.1, -0.05) is 0 Å². The minimum Gasteiger partial charge on any atom is -0.271 e. The fourth-order valence-electron chi connectivity index (χ4n) is 0.625. The van der Waals surface area contributed by atoms with Gasteiger partial charge in [0.25, 0.3) is 0 Å². The zero-order valence-corrected chi connectivity index (χ0v) is 7.45. The maximum absolute atomic E-state index is 8.24. The highest BCUT2D eigenvalue weighted by atomic mass is 127. The van der Waals surface area contributed by atoms with Crippen LogP contribution in [0.15, 0.2) is 12.4 Å². The molecule has 0 N–H and O–H groups in total. The van der Waals surface area contributed by atoms with Crippen LogP contribution in [0.25, 0.3) is 0 Å². The Morgan fingerprint density at radius 3 is 3.10 bits per heavy atom. The third kappa shape index (κ3) is 1.99. The SMILES string of the molecule is N#CCCn1cc(I)cn1. The van der Waals surface area contributed by atoms with E-state index < -0.39 is 0 Å². The zero-order chi connectivity index (χ0) is 7.40. The fraction of sp³-hybridized carbons (Fsp3) is 0.333. The first-order valence-corrected chi connectivity index (χ1v) is 3.95. The molecule has 0 amide bonds. The highest BCUT2D eigenvalue weighted by Crippen LogP contribution is 2.00. The number of nitriles is 1. The summed E-state index contributed by atoms with van der Waals surface area (Å²) in [6.45, 7) is 0.694. The maximum Gasteiger partial charge on any atom is 0.0641 e. The van der Waals surface area contributed by atoms with Gasteiger partial charge < -0.3 is 0 Å². The van der Waals surface area contributed by atoms with Crippen LogP contribution in [0, 0.1) is 14.9 Å². The molecule has 0 saturated carbocycles. The molecule has 0 aliphatic rings. The van der Waals surface area contributed by atoms with Gasteiger partial charge in [0.1, 0.15) is 0 Å². The Kier molecular flexibility index (Phi) is 2.68. The van der Waals surface area contributed by atoms with Gasteiger partial charge in [0, 0.05) is 6.20 Å². The van der Waals surface area contributed by atoms with Crippen LogP contribution in [0.1, 0.15) is 6.42 Å². The van der Waals surface area contributed by atoms with E-state index in [9.17, 15) is 0 Å². The summed E-state index contributed by atoms with van der Waals surface area (Å²) >= 11 is 2.19. The van der Waals surface area contributed by atoms with Crippen molar-refractivity contribution in [3.05, 3.63) is 16.0 Å². The van der Waals surface area contributed by atoms with Crippen molar-refractivity contribution in [1.82, 2.24) is 9.78 Å². The summed E-state index contributed by atoms with van der Waals surface area (Å²) in [5.41, 5.74) is 0. The van der Waals surface area contributed by atoms with Gasteiger partial charge >= 0.3 is 0 Å². The van der Waals surface area contributed by atoms with Crippen molar-refractivity contribution in [2.75, 3.05) is 0 Å². The Morgan fingerprint density at radius 1 is 1.80 bits per heavy atom. The Morgan fingerprint density at radius 2 is 2.60 bits per heavy atom. The number of rotatable bonds is 2. The first-order chi connectivity index (χ1) is 4.83. The van der Waals surface area contributed by atoms with Crippen molar-refractivity contribution >= 4 is 22.6 Å². The summed E-state index contributed by atoms with van der Waals surface area (Å²) in [7, 11) is 0. The number of aryl methyl sites for hydroxylation is 1. The summed E-state index contributed by atoms with van der Waals surface area (Å²) in [6.07, 6.45) is 4.22. The molecule has 4 heteroatoms. The van der Waals surface area contributed by atoms with Gasteiger partial charge in [-0.25, -0.2) is 0 Å². The van der Waals surface area contributed by atoms with E-state index in [2.05, 4.69) is 33.8 Å². The van der Waals surface area contributed by atoms with E-state index in [-0.39, 0.29) is 0 Å². The largest absolute Gasteiger partial charge is 0.271 e. The minimum atomic E-state index is 0.526. The Bertz CT molecular complexity index is 248. The van der Waals surface area contributed by atoms with Gasteiger partial charge in [0.2, 0.25) is 0 Å². The lowest BCUT2D eigenvalue weighted by molar-refractivity contribution is 0.627. The molecular formula is C6H6IN3. The lowest BCUT2D eigenvalue weighted by Crippen LogP contribution is -1.96. The molecule has 0 spiro atoms. The Hall–Kier alpha value is -0.570. The molecule has 0 aliphatic carbocycles. The highest BCUT2D eigenvalue weighted by molar-refractivity contribution is 14.1. The molecule has 0 fully saturated rings. The molecule has 0 aliphatic heterocycles. The van der Waals surface area contributed by atoms with Crippen LogP contribution in [0.3, 0.4) is 0 Å². The van der Waals surface area contributed by atoms with Gasteiger partial charge in [-0.3, -0.25) is 4.68 Å². The second-order valence-electron chi connectivity index (χ2n) is 1.83. The predicted molar refractivity (Wildman–Crippen MR) is 45.2 cm³/mol. The van der Waals surface area contributed by atoms with Crippen LogP contribution < -0.4 is 0 Å². The van der Waals surface area contributed by atoms with E-state index in [1.54, 1.807) is 10.9 Å². The lowest BCUT2D eigenvalue weighted by atomic mass is 10.5. The molecule has 0 bridgehead atoms. The van der Waals surface area contributed by atoms with Gasteiger partial charge in [-0.05, 0) is 22.6 Å². The first-order valence-electron chi connectivity index (χ1n) is 2.88. The van der Waals surface area contributed by atoms with Gasteiger partial charge in [0.05, 0.1) is 28.8 Å². The van der Waals surface area contributed by atoms with E-state index >= 15 is 0 Å². The van der Waals surface area contributed by atoms with Crippen LogP contribution >= 0.6 is 22.6 Å². The van der Waals surface area contributed by atoms with E-state index in [1.807, 2.05) is 6.20 Å². The molecule has 10 heavy (non-hydrogen) atoms. The molecule has 0 aromatic carbocycles. The van der Waals surface area contributed by atoms with Crippen molar-refractivity contribution in [3.8, 4) is 6.07 Å². The molecule has 52 valence electrons. The third-order valence-corrected chi connectivity index (χ3v) is 1.61. The summed E-state index contributed by atoms with van der Waals surface area (Å²) in [6, 6.07) is 2.06. The monoisotopic (exact) mass is 247 g/mol. The molecular weight excluding hydrogens is 241 g/mol. The van der Waals surface area contributed by atoms with Crippen molar-refractivity contribution in [2.24, 2.45) is 0 Å². The van der Waals surface area contributed by atoms with Crippen molar-refractivity contribution in [2.45, 2.75) is 13.0 Å². The third-order valence-electron chi connectivity index (χ3n) is 1.05. The van der Waals surface area contributed by atoms with Crippen LogP contribution in [0.2, 0.25) is 0 Å². The first kappa shape index (κ1) is 7.54. The van der Waals surface area contributed by atoms with Crippen LogP contribution in [-0.4, -0.2) is 9.78 Å². The van der Waals surface area contributed by atoms with Crippen molar-refractivity contribution in [3.63, 3.8) is 0 Å². The molecule has 1 heterocycles. The molecule has 1 aromatic heterocycles. The van der Waals surface area contributed by atoms with Crippen LogP contribution in [-0.2, 0) is 6.54 Å². The van der Waals surface area contributed by atoms with E-state index in [4.69, 9.17) is 5.26 Å². The Labute approximate surface area is 72.8 Å². The average molecular weight is 247 g/mol. The number of halogens is 1. The molecule has 0 unspecified atom stereocenters. The van der Waals surface area contributed by atoms with Crippen molar-refractivity contribution in [1.29, 1.82) is 5.26 Å². The molecule has 3 nitrogen and oxygen atoms in total. The minimum absolute atomic E-state index is 0.526. The van der Waals surface area contributed by atoms with Crippen LogP contribution in [0.4, 0.5) is 0 Å². The summed E-state index contributed by atoms with van der Waals surface area (Å²) < 4.78 is 2.88. The molecule has 0 saturated heterocycles. The normalized spacial score (nSPS) is 9.20. The van der Waals surface area contributed by atoms with Gasteiger partial charge in [0.15, 0.2) is 0 Å². The summed E-state index contributed by atoms with van der Waals surface area (Å²) in [4.78, 5) is 0. The average Bonchev–Trinajstić information content (AvgIpc) is 2.31. The topological polar surface area (TPSA) is 41.6 Å². The lowest BCUT2D eigenvalue weighted by Gasteiger charge is -1.91. The summed E-state index contributed by atoms with van der Waals surface area (Å²) in [5.74, 6) is 0. The van der Waals surface area contributed by atoms with Gasteiger partial charge in [-0.2, -0.15) is 10.4 Å². The van der Waals surface area contributed by atoms with Crippen molar-refractivity contribution < 1.29 is 0 Å². The second kappa shape index (κ2) is 3.56. The van der Waals surface area contributed by atoms with E-state index in [0.29, 0.717) is 13.0 Å². The smallest absolute Gasteiger partial charge is 0.0641 e. The quantitative estimate of drug-likeness (QED) is 0.741. The van der Waals surface area contributed by atoms with E-state index in [1.165, 1.54) is 0 Å². The highest BCUT2D eigenvalue weighted by Gasteiger charge is 1.92. The maximum atomic E-state index is 8.24. The molecule has 1 aromatic rings. The zero-order valence-electron chi connectivity index (χ0n) is 5.29. The predicted octanol–water partition coefficient (Wildman–Crippen LogP) is 1.40. The molecule has 1 rings (SSSR count).